The Morgan fingerprint density at radius 3 is 2.33 bits per heavy atom. The molecule has 0 radical (unpaired) electrons. The minimum Gasteiger partial charge on any atom is -0.379 e. The lowest BCUT2D eigenvalue weighted by molar-refractivity contribution is 0.00617. The molecule has 1 aliphatic rings. The van der Waals surface area contributed by atoms with E-state index in [2.05, 4.69) is 5.32 Å². The van der Waals surface area contributed by atoms with Gasteiger partial charge in [0.25, 0.3) is 0 Å². The third kappa shape index (κ3) is 3.80. The van der Waals surface area contributed by atoms with Crippen LogP contribution in [0.15, 0.2) is 18.2 Å². The lowest BCUT2D eigenvalue weighted by atomic mass is 9.80. The summed E-state index contributed by atoms with van der Waals surface area (Å²) in [5.41, 5.74) is 0.108. The summed E-state index contributed by atoms with van der Waals surface area (Å²) in [6.07, 6.45) is 5.52. The third-order valence-corrected chi connectivity index (χ3v) is 4.45. The van der Waals surface area contributed by atoms with Gasteiger partial charge >= 0.3 is 0 Å². The van der Waals surface area contributed by atoms with Gasteiger partial charge in [0.15, 0.2) is 0 Å². The summed E-state index contributed by atoms with van der Waals surface area (Å²) in [5.74, 6) is -0.649. The number of hydrogen-bond donors (Lipinski definition) is 1. The molecule has 1 aromatic carbocycles. The fraction of sp³-hybridized carbons (Fsp3) is 0.647. The zero-order valence-corrected chi connectivity index (χ0v) is 12.9. The van der Waals surface area contributed by atoms with Crippen LogP contribution in [0.5, 0.6) is 0 Å². The van der Waals surface area contributed by atoms with Crippen molar-refractivity contribution in [3.63, 3.8) is 0 Å². The van der Waals surface area contributed by atoms with E-state index in [1.54, 1.807) is 7.11 Å². The predicted octanol–water partition coefficient (Wildman–Crippen LogP) is 4.21. The maximum absolute atomic E-state index is 14.2. The van der Waals surface area contributed by atoms with Crippen molar-refractivity contribution in [3.05, 3.63) is 35.4 Å². The molecule has 0 aromatic heterocycles. The van der Waals surface area contributed by atoms with Gasteiger partial charge in [-0.1, -0.05) is 32.3 Å². The first-order valence-corrected chi connectivity index (χ1v) is 7.89. The molecule has 2 unspecified atom stereocenters. The number of likely N-dealkylation sites (N-methyl/N-ethyl adjacent to an activating group) is 1. The number of methoxy groups -OCH3 is 1. The van der Waals surface area contributed by atoms with Crippen LogP contribution < -0.4 is 5.32 Å². The van der Waals surface area contributed by atoms with Gasteiger partial charge in [0.05, 0.1) is 12.1 Å². The van der Waals surface area contributed by atoms with Gasteiger partial charge in [-0.3, -0.25) is 0 Å². The molecule has 21 heavy (non-hydrogen) atoms. The second-order valence-corrected chi connectivity index (χ2v) is 5.77. The Morgan fingerprint density at radius 2 is 1.81 bits per heavy atom. The average molecular weight is 297 g/mol. The van der Waals surface area contributed by atoms with E-state index in [1.807, 2.05) is 6.92 Å². The van der Waals surface area contributed by atoms with Crippen molar-refractivity contribution in [1.29, 1.82) is 0 Å². The summed E-state index contributed by atoms with van der Waals surface area (Å²) in [5, 5.41) is 3.22. The van der Waals surface area contributed by atoms with Crippen LogP contribution >= 0.6 is 0 Å². The van der Waals surface area contributed by atoms with Crippen LogP contribution in [-0.4, -0.2) is 19.8 Å². The Balaban J connectivity index is 2.31. The molecule has 1 aromatic rings. The monoisotopic (exact) mass is 297 g/mol. The minimum atomic E-state index is -0.501. The van der Waals surface area contributed by atoms with Crippen LogP contribution in [0.25, 0.3) is 0 Å². The Kier molecular flexibility index (Phi) is 6.12. The van der Waals surface area contributed by atoms with E-state index in [4.69, 9.17) is 4.74 Å². The first-order valence-electron chi connectivity index (χ1n) is 7.89. The SMILES string of the molecule is CCNC(c1c(F)cccc1F)C(OC)C1CCCCC1. The third-order valence-electron chi connectivity index (χ3n) is 4.45. The van der Waals surface area contributed by atoms with Gasteiger partial charge < -0.3 is 10.1 Å². The maximum atomic E-state index is 14.2. The van der Waals surface area contributed by atoms with E-state index < -0.39 is 17.7 Å². The Bertz CT molecular complexity index is 426. The van der Waals surface area contributed by atoms with Crippen molar-refractivity contribution in [2.24, 2.45) is 5.92 Å². The van der Waals surface area contributed by atoms with E-state index in [1.165, 1.54) is 37.5 Å². The van der Waals surface area contributed by atoms with E-state index in [0.29, 0.717) is 12.5 Å². The van der Waals surface area contributed by atoms with Crippen LogP contribution in [0, 0.1) is 17.6 Å². The van der Waals surface area contributed by atoms with Crippen LogP contribution in [0.4, 0.5) is 8.78 Å². The second kappa shape index (κ2) is 7.85. The number of ether oxygens (including phenoxy) is 1. The molecule has 1 N–H and O–H groups in total. The highest BCUT2D eigenvalue weighted by Gasteiger charge is 2.34. The topological polar surface area (TPSA) is 21.3 Å². The van der Waals surface area contributed by atoms with Gasteiger partial charge in [-0.15, -0.1) is 0 Å². The molecule has 0 saturated heterocycles. The highest BCUT2D eigenvalue weighted by atomic mass is 19.1. The number of benzene rings is 1. The minimum absolute atomic E-state index is 0.108. The van der Waals surface area contributed by atoms with Crippen LogP contribution in [0.1, 0.15) is 50.6 Å². The molecule has 1 fully saturated rings. The molecule has 1 saturated carbocycles. The van der Waals surface area contributed by atoms with Gasteiger partial charge in [0.2, 0.25) is 0 Å². The zero-order valence-electron chi connectivity index (χ0n) is 12.9. The smallest absolute Gasteiger partial charge is 0.131 e. The molecule has 2 nitrogen and oxygen atoms in total. The summed E-state index contributed by atoms with van der Waals surface area (Å²) >= 11 is 0. The van der Waals surface area contributed by atoms with Crippen molar-refractivity contribution in [2.45, 2.75) is 51.2 Å². The lowest BCUT2D eigenvalue weighted by Gasteiger charge is -2.35. The summed E-state index contributed by atoms with van der Waals surface area (Å²) < 4.78 is 34.0. The van der Waals surface area contributed by atoms with E-state index >= 15 is 0 Å². The quantitative estimate of drug-likeness (QED) is 0.849. The fourth-order valence-electron chi connectivity index (χ4n) is 3.47. The van der Waals surface area contributed by atoms with Crippen LogP contribution in [0.3, 0.4) is 0 Å². The van der Waals surface area contributed by atoms with Gasteiger partial charge in [-0.25, -0.2) is 8.78 Å². The van der Waals surface area contributed by atoms with Crippen molar-refractivity contribution < 1.29 is 13.5 Å². The second-order valence-electron chi connectivity index (χ2n) is 5.77. The molecule has 0 aliphatic heterocycles. The predicted molar refractivity (Wildman–Crippen MR) is 80.1 cm³/mol. The summed E-state index contributed by atoms with van der Waals surface area (Å²) in [7, 11) is 1.64. The first-order chi connectivity index (χ1) is 10.2. The van der Waals surface area contributed by atoms with Gasteiger partial charge in [-0.2, -0.15) is 0 Å². The molecular weight excluding hydrogens is 272 g/mol. The van der Waals surface area contributed by atoms with Crippen LogP contribution in [0.2, 0.25) is 0 Å². The molecule has 1 aliphatic carbocycles. The normalized spacial score (nSPS) is 19.4. The summed E-state index contributed by atoms with van der Waals surface area (Å²) in [6.45, 7) is 2.59. The highest BCUT2D eigenvalue weighted by Crippen LogP contribution is 2.35. The molecule has 4 heteroatoms. The first kappa shape index (κ1) is 16.4. The Hall–Kier alpha value is -1.00. The highest BCUT2D eigenvalue weighted by molar-refractivity contribution is 5.25. The standard InChI is InChI=1S/C17H25F2NO/c1-3-20-16(15-13(18)10-7-11-14(15)19)17(21-2)12-8-5-4-6-9-12/h7,10-12,16-17,20H,3-6,8-9H2,1-2H3. The molecule has 118 valence electrons. The fourth-order valence-corrected chi connectivity index (χ4v) is 3.47. The van der Waals surface area contributed by atoms with Crippen molar-refractivity contribution in [2.75, 3.05) is 13.7 Å². The Morgan fingerprint density at radius 1 is 1.19 bits per heavy atom. The van der Waals surface area contributed by atoms with Crippen molar-refractivity contribution >= 4 is 0 Å². The number of rotatable bonds is 6. The van der Waals surface area contributed by atoms with E-state index in [-0.39, 0.29) is 11.7 Å². The van der Waals surface area contributed by atoms with E-state index in [0.717, 1.165) is 12.8 Å². The maximum Gasteiger partial charge on any atom is 0.131 e. The number of halogens is 2. The van der Waals surface area contributed by atoms with Crippen molar-refractivity contribution in [1.82, 2.24) is 5.32 Å². The molecule has 0 heterocycles. The van der Waals surface area contributed by atoms with Gasteiger partial charge in [0, 0.05) is 12.7 Å². The van der Waals surface area contributed by atoms with Gasteiger partial charge in [0.1, 0.15) is 11.6 Å². The summed E-state index contributed by atoms with van der Waals surface area (Å²) in [4.78, 5) is 0. The number of nitrogens with one attached hydrogen (secondary N) is 1. The van der Waals surface area contributed by atoms with E-state index in [9.17, 15) is 8.78 Å². The molecule has 2 atom stereocenters. The number of hydrogen-bond acceptors (Lipinski definition) is 2. The molecule has 2 rings (SSSR count). The largest absolute Gasteiger partial charge is 0.379 e. The van der Waals surface area contributed by atoms with Crippen LogP contribution in [-0.2, 0) is 4.74 Å². The average Bonchev–Trinajstić information content (AvgIpc) is 2.49. The zero-order chi connectivity index (χ0) is 15.2. The van der Waals surface area contributed by atoms with Crippen molar-refractivity contribution in [3.8, 4) is 0 Å². The molecule has 0 bridgehead atoms. The Labute approximate surface area is 125 Å². The molecule has 0 spiro atoms. The molecular formula is C17H25F2NO. The lowest BCUT2D eigenvalue weighted by Crippen LogP contribution is -2.40. The summed E-state index contributed by atoms with van der Waals surface area (Å²) in [6, 6.07) is 3.59. The molecule has 0 amide bonds. The van der Waals surface area contributed by atoms with Gasteiger partial charge in [-0.05, 0) is 37.4 Å².